The molecule has 2 N–H and O–H groups in total. The van der Waals surface area contributed by atoms with Crippen LogP contribution in [-0.2, 0) is 14.3 Å². The van der Waals surface area contributed by atoms with Crippen molar-refractivity contribution in [1.29, 1.82) is 0 Å². The van der Waals surface area contributed by atoms with Crippen LogP contribution in [0.2, 0.25) is 0 Å². The molecule has 2 aromatic carbocycles. The number of anilines is 1. The van der Waals surface area contributed by atoms with Gasteiger partial charge in [0.25, 0.3) is 5.91 Å². The Morgan fingerprint density at radius 2 is 1.57 bits per heavy atom. The highest BCUT2D eigenvalue weighted by atomic mass is 32.2. The van der Waals surface area contributed by atoms with Gasteiger partial charge in [0.1, 0.15) is 17.7 Å². The molecule has 0 aliphatic rings. The fourth-order valence-corrected chi connectivity index (χ4v) is 5.03. The average molecular weight is 570 g/mol. The zero-order valence-electron chi connectivity index (χ0n) is 25.6. The van der Waals surface area contributed by atoms with E-state index in [0.29, 0.717) is 25.1 Å². The van der Waals surface area contributed by atoms with Crippen molar-refractivity contribution in [3.63, 3.8) is 0 Å². The van der Waals surface area contributed by atoms with Gasteiger partial charge in [0.05, 0.1) is 0 Å². The number of hydrogen-bond acceptors (Lipinski definition) is 5. The molecule has 0 aliphatic heterocycles. The number of para-hydroxylation sites is 1. The Morgan fingerprint density at radius 3 is 2.15 bits per heavy atom. The van der Waals surface area contributed by atoms with Crippen molar-refractivity contribution in [3.05, 3.63) is 64.2 Å². The van der Waals surface area contributed by atoms with E-state index in [4.69, 9.17) is 4.74 Å². The van der Waals surface area contributed by atoms with E-state index in [0.717, 1.165) is 39.9 Å². The molecule has 0 heterocycles. The van der Waals surface area contributed by atoms with E-state index in [1.807, 2.05) is 70.3 Å². The van der Waals surface area contributed by atoms with Gasteiger partial charge >= 0.3 is 6.09 Å². The predicted octanol–water partition coefficient (Wildman–Crippen LogP) is 6.88. The summed E-state index contributed by atoms with van der Waals surface area (Å²) in [6, 6.07) is 10.00. The zero-order valence-corrected chi connectivity index (χ0v) is 26.5. The molecular formula is C32H47N3O4S. The lowest BCUT2D eigenvalue weighted by Gasteiger charge is -2.35. The maximum absolute atomic E-state index is 14.3. The molecule has 0 bridgehead atoms. The van der Waals surface area contributed by atoms with Crippen LogP contribution in [0.4, 0.5) is 10.5 Å². The lowest BCUT2D eigenvalue weighted by Crippen LogP contribution is -2.53. The molecule has 0 spiro atoms. The number of carbonyl (C=O) groups excluding carboxylic acids is 3. The number of hydrogen-bond donors (Lipinski definition) is 2. The quantitative estimate of drug-likeness (QED) is 0.291. The zero-order chi connectivity index (χ0) is 30.0. The van der Waals surface area contributed by atoms with E-state index in [9.17, 15) is 14.4 Å². The maximum atomic E-state index is 14.3. The van der Waals surface area contributed by atoms with Crippen molar-refractivity contribution in [2.75, 3.05) is 23.9 Å². The third kappa shape index (κ3) is 9.29. The monoisotopic (exact) mass is 569 g/mol. The minimum Gasteiger partial charge on any atom is -0.444 e. The molecule has 7 nitrogen and oxygen atoms in total. The number of thioether (sulfide) groups is 1. The highest BCUT2D eigenvalue weighted by Gasteiger charge is 2.37. The van der Waals surface area contributed by atoms with E-state index in [1.54, 1.807) is 37.4 Å². The van der Waals surface area contributed by atoms with Gasteiger partial charge < -0.3 is 20.3 Å². The first kappa shape index (κ1) is 33.2. The van der Waals surface area contributed by atoms with E-state index in [-0.39, 0.29) is 11.8 Å². The number of amides is 3. The van der Waals surface area contributed by atoms with Crippen molar-refractivity contribution in [2.24, 2.45) is 0 Å². The van der Waals surface area contributed by atoms with Gasteiger partial charge in [-0.25, -0.2) is 4.79 Å². The summed E-state index contributed by atoms with van der Waals surface area (Å²) in [7, 11) is 0. The Morgan fingerprint density at radius 1 is 0.975 bits per heavy atom. The van der Waals surface area contributed by atoms with Crippen LogP contribution < -0.4 is 10.6 Å². The lowest BCUT2D eigenvalue weighted by atomic mass is 9.94. The molecule has 0 fully saturated rings. The molecule has 40 heavy (non-hydrogen) atoms. The Labute approximate surface area is 244 Å². The molecule has 8 heteroatoms. The van der Waals surface area contributed by atoms with Crippen molar-refractivity contribution in [2.45, 2.75) is 92.3 Å². The fourth-order valence-electron chi connectivity index (χ4n) is 4.56. The van der Waals surface area contributed by atoms with E-state index in [2.05, 4.69) is 17.6 Å². The molecule has 0 aromatic heterocycles. The van der Waals surface area contributed by atoms with Crippen molar-refractivity contribution in [1.82, 2.24) is 10.2 Å². The van der Waals surface area contributed by atoms with E-state index < -0.39 is 23.8 Å². The highest BCUT2D eigenvalue weighted by molar-refractivity contribution is 7.98. The number of unbranched alkanes of at least 4 members (excludes halogenated alkanes) is 1. The molecule has 3 amide bonds. The molecule has 0 aliphatic carbocycles. The number of alkyl carbamates (subject to hydrolysis) is 1. The maximum Gasteiger partial charge on any atom is 0.408 e. The van der Waals surface area contributed by atoms with Gasteiger partial charge in [-0.2, -0.15) is 11.8 Å². The summed E-state index contributed by atoms with van der Waals surface area (Å²) in [5.41, 5.74) is 4.71. The van der Waals surface area contributed by atoms with Gasteiger partial charge in [-0.05, 0) is 101 Å². The SMILES string of the molecule is CCCCN(C(=O)C(CCSC)NC(=O)OC(C)(C)C)C(C(=O)Nc1c(C)cccc1C)c1cccc(C)c1C. The third-order valence-electron chi connectivity index (χ3n) is 6.87. The van der Waals surface area contributed by atoms with Gasteiger partial charge in [-0.1, -0.05) is 49.7 Å². The summed E-state index contributed by atoms with van der Waals surface area (Å²) < 4.78 is 5.49. The standard InChI is InChI=1S/C32H47N3O4S/c1-10-11-19-35(30(37)26(18-20-40-9)33-31(38)39-32(6,7)8)28(25-17-13-14-21(2)24(25)5)29(36)34-27-22(3)15-12-16-23(27)4/h12-17,26,28H,10-11,18-20H2,1-9H3,(H,33,38)(H,34,36). The normalized spacial score (nSPS) is 12.8. The molecular weight excluding hydrogens is 522 g/mol. The number of carbonyl (C=O) groups is 3. The van der Waals surface area contributed by atoms with Gasteiger partial charge in [0, 0.05) is 12.2 Å². The number of nitrogens with zero attached hydrogens (tertiary/aromatic N) is 1. The Kier molecular flexibility index (Phi) is 12.6. The molecule has 0 radical (unpaired) electrons. The van der Waals surface area contributed by atoms with Crippen LogP contribution in [0, 0.1) is 27.7 Å². The number of nitrogens with one attached hydrogen (secondary N) is 2. The Bertz CT molecular complexity index is 1150. The van der Waals surface area contributed by atoms with Crippen LogP contribution in [0.15, 0.2) is 36.4 Å². The molecule has 0 saturated carbocycles. The first-order valence-electron chi connectivity index (χ1n) is 14.0. The molecule has 220 valence electrons. The van der Waals surface area contributed by atoms with Crippen LogP contribution in [0.3, 0.4) is 0 Å². The number of aryl methyl sites for hydroxylation is 3. The van der Waals surface area contributed by atoms with Gasteiger partial charge in [0.2, 0.25) is 5.91 Å². The van der Waals surface area contributed by atoms with E-state index >= 15 is 0 Å². The van der Waals surface area contributed by atoms with Crippen LogP contribution in [0.25, 0.3) is 0 Å². The second kappa shape index (κ2) is 15.1. The summed E-state index contributed by atoms with van der Waals surface area (Å²) in [6.07, 6.45) is 3.29. The van der Waals surface area contributed by atoms with Crippen LogP contribution in [0.5, 0.6) is 0 Å². The molecule has 0 saturated heterocycles. The molecule has 2 unspecified atom stereocenters. The minimum atomic E-state index is -0.879. The predicted molar refractivity (Wildman–Crippen MR) is 166 cm³/mol. The summed E-state index contributed by atoms with van der Waals surface area (Å²) in [4.78, 5) is 43.0. The van der Waals surface area contributed by atoms with Crippen LogP contribution >= 0.6 is 11.8 Å². The van der Waals surface area contributed by atoms with Crippen LogP contribution in [-0.4, -0.2) is 53.0 Å². The third-order valence-corrected chi connectivity index (χ3v) is 7.51. The Balaban J connectivity index is 2.61. The topological polar surface area (TPSA) is 87.7 Å². The fraction of sp³-hybridized carbons (Fsp3) is 0.531. The molecule has 2 rings (SSSR count). The summed E-state index contributed by atoms with van der Waals surface area (Å²) in [5, 5.41) is 5.95. The number of ether oxygens (including phenoxy) is 1. The smallest absolute Gasteiger partial charge is 0.408 e. The minimum absolute atomic E-state index is 0.281. The summed E-state index contributed by atoms with van der Waals surface area (Å²) in [5.74, 6) is 0.0867. The molecule has 2 aromatic rings. The van der Waals surface area contributed by atoms with E-state index in [1.165, 1.54) is 0 Å². The number of benzene rings is 2. The summed E-state index contributed by atoms with van der Waals surface area (Å²) >= 11 is 1.60. The van der Waals surface area contributed by atoms with Gasteiger partial charge in [-0.15, -0.1) is 0 Å². The lowest BCUT2D eigenvalue weighted by molar-refractivity contribution is -0.141. The highest BCUT2D eigenvalue weighted by Crippen LogP contribution is 2.30. The largest absolute Gasteiger partial charge is 0.444 e. The van der Waals surface area contributed by atoms with Crippen molar-refractivity contribution >= 4 is 35.4 Å². The number of rotatable bonds is 12. The second-order valence-electron chi connectivity index (χ2n) is 11.3. The molecule has 2 atom stereocenters. The van der Waals surface area contributed by atoms with Crippen molar-refractivity contribution < 1.29 is 19.1 Å². The second-order valence-corrected chi connectivity index (χ2v) is 12.3. The van der Waals surface area contributed by atoms with Crippen LogP contribution in [0.1, 0.15) is 80.8 Å². The van der Waals surface area contributed by atoms with Gasteiger partial charge in [-0.3, -0.25) is 9.59 Å². The van der Waals surface area contributed by atoms with Crippen molar-refractivity contribution in [3.8, 4) is 0 Å². The first-order chi connectivity index (χ1) is 18.8. The Hall–Kier alpha value is -3.00. The first-order valence-corrected chi connectivity index (χ1v) is 15.4. The van der Waals surface area contributed by atoms with Gasteiger partial charge in [0.15, 0.2) is 0 Å². The average Bonchev–Trinajstić information content (AvgIpc) is 2.87. The summed E-state index contributed by atoms with van der Waals surface area (Å²) in [6.45, 7) is 15.7.